The molecule has 0 saturated carbocycles. The molecule has 3 aromatic heterocycles. The van der Waals surface area contributed by atoms with Gasteiger partial charge < -0.3 is 39.0 Å². The van der Waals surface area contributed by atoms with E-state index in [1.807, 2.05) is 95.9 Å². The van der Waals surface area contributed by atoms with Gasteiger partial charge in [-0.25, -0.2) is 9.97 Å². The van der Waals surface area contributed by atoms with Crippen LogP contribution in [0.5, 0.6) is 0 Å². The average Bonchev–Trinajstić information content (AvgIpc) is 4.17. The summed E-state index contributed by atoms with van der Waals surface area (Å²) in [6.45, 7) is 19.5. The van der Waals surface area contributed by atoms with Crippen LogP contribution in [0, 0.1) is 33.1 Å². The van der Waals surface area contributed by atoms with Gasteiger partial charge in [-0.1, -0.05) is 69.2 Å². The molecule has 1 aliphatic heterocycles. The fourth-order valence-corrected chi connectivity index (χ4v) is 9.79. The number of amides is 3. The second kappa shape index (κ2) is 23.0. The molecule has 7 rings (SSSR count). The highest BCUT2D eigenvalue weighted by molar-refractivity contribution is 7.13. The molecule has 0 spiro atoms. The number of thiazole rings is 1. The first kappa shape index (κ1) is 50.7. The number of carbonyl (C=O) groups excluding carboxylic acids is 3. The van der Waals surface area contributed by atoms with E-state index < -0.39 is 17.5 Å². The third-order valence-corrected chi connectivity index (χ3v) is 13.8. The molecule has 3 amide bonds. The minimum atomic E-state index is -0.895. The lowest BCUT2D eigenvalue weighted by Crippen LogP contribution is -2.58. The summed E-state index contributed by atoms with van der Waals surface area (Å²) in [5.41, 5.74) is 11.4. The van der Waals surface area contributed by atoms with E-state index in [1.165, 1.54) is 0 Å². The Kier molecular flexibility index (Phi) is 16.9. The van der Waals surface area contributed by atoms with Crippen molar-refractivity contribution in [1.29, 1.82) is 0 Å². The number of anilines is 2. The van der Waals surface area contributed by atoms with E-state index >= 15 is 0 Å². The lowest BCUT2D eigenvalue weighted by Gasteiger charge is -2.35. The number of aromatic nitrogens is 4. The maximum Gasteiger partial charge on any atom is 0.246 e. The number of imidazole rings is 1. The van der Waals surface area contributed by atoms with Crippen molar-refractivity contribution in [1.82, 2.24) is 35.2 Å². The smallest absolute Gasteiger partial charge is 0.246 e. The summed E-state index contributed by atoms with van der Waals surface area (Å²) in [5.74, 6) is -0.170. The lowest BCUT2D eigenvalue weighted by atomic mass is 9.85. The Balaban J connectivity index is 0.942. The summed E-state index contributed by atoms with van der Waals surface area (Å²) in [5, 5.41) is 10.3. The highest BCUT2D eigenvalue weighted by Gasteiger charge is 2.45. The number of ether oxygens (including phenoxy) is 2. The van der Waals surface area contributed by atoms with E-state index in [1.54, 1.807) is 28.8 Å². The summed E-state index contributed by atoms with van der Waals surface area (Å²) in [4.78, 5) is 55.7. The van der Waals surface area contributed by atoms with Gasteiger partial charge in [0.05, 0.1) is 40.2 Å². The molecule has 3 aromatic carbocycles. The summed E-state index contributed by atoms with van der Waals surface area (Å²) in [6.07, 6.45) is 8.86. The zero-order chi connectivity index (χ0) is 49.2. The Hall–Kier alpha value is -6.16. The molecule has 0 radical (unpaired) electrons. The van der Waals surface area contributed by atoms with Crippen LogP contribution in [0.15, 0.2) is 95.5 Å². The number of nitrogens with one attached hydrogen (secondary N) is 2. The molecule has 2 N–H and O–H groups in total. The van der Waals surface area contributed by atoms with Gasteiger partial charge in [0.25, 0.3) is 0 Å². The fourth-order valence-electron chi connectivity index (χ4n) is 8.98. The van der Waals surface area contributed by atoms with Crippen molar-refractivity contribution in [3.05, 3.63) is 119 Å². The van der Waals surface area contributed by atoms with Gasteiger partial charge in [0.2, 0.25) is 17.7 Å². The van der Waals surface area contributed by atoms with Crippen molar-refractivity contribution in [2.24, 2.45) is 5.41 Å². The van der Waals surface area contributed by atoms with Crippen LogP contribution in [0.3, 0.4) is 0 Å². The fraction of sp³-hybridized carbons (Fsp3) is 0.444. The average molecular weight is 957 g/mol. The highest BCUT2D eigenvalue weighted by atomic mass is 32.1. The first-order chi connectivity index (χ1) is 33.1. The largest absolute Gasteiger partial charge is 0.376 e. The topological polar surface area (TPSA) is 157 Å². The highest BCUT2D eigenvalue weighted by Crippen LogP contribution is 2.36. The summed E-state index contributed by atoms with van der Waals surface area (Å²) < 4.78 is 19.5. The number of hydrogen-bond donors (Lipinski definition) is 2. The molecule has 69 heavy (non-hydrogen) atoms. The number of likely N-dealkylation sites (tertiary alicyclic amines) is 1. The zero-order valence-corrected chi connectivity index (χ0v) is 42.4. The van der Waals surface area contributed by atoms with Crippen LogP contribution in [-0.4, -0.2) is 93.4 Å². The first-order valence-electron chi connectivity index (χ1n) is 24.1. The molecule has 0 bridgehead atoms. The van der Waals surface area contributed by atoms with Crippen LogP contribution >= 0.6 is 11.3 Å². The monoisotopic (exact) mass is 956 g/mol. The zero-order valence-electron chi connectivity index (χ0n) is 41.6. The first-order valence-corrected chi connectivity index (χ1v) is 25.0. The standard InChI is InChI=1S/C54H68N8O6S/c1-10-27-67-45-30-47(52(64)57-36(3)40-16-18-41(19-17-40)50-38(5)56-34-69-50)62(31-45)53(65)51(54(7,8)9)58-48(63)32-66-28-13-11-12-25-61(44-22-20-43(21-23-44)60-26-24-55-33-60)46-29-42(15-14-35(46)2)49-37(4)59-68-39(49)6/h14-24,26,29,33-34,36,45,47,51H,10-13,25,27-28,30-32H2,1-9H3,(H,57,64)(H,58,63)/t36-,45+,47-,51+/m0/s1. The van der Waals surface area contributed by atoms with Gasteiger partial charge in [0.15, 0.2) is 0 Å². The molecule has 366 valence electrons. The van der Waals surface area contributed by atoms with E-state index in [-0.39, 0.29) is 43.0 Å². The number of aryl methyl sites for hydroxylation is 4. The van der Waals surface area contributed by atoms with E-state index in [0.29, 0.717) is 19.6 Å². The Bertz CT molecular complexity index is 2620. The maximum atomic E-state index is 14.5. The molecule has 14 nitrogen and oxygen atoms in total. The van der Waals surface area contributed by atoms with Crippen molar-refractivity contribution < 1.29 is 28.4 Å². The van der Waals surface area contributed by atoms with Crippen molar-refractivity contribution in [2.75, 3.05) is 37.8 Å². The van der Waals surface area contributed by atoms with E-state index in [4.69, 9.17) is 14.0 Å². The Morgan fingerprint density at radius 1 is 0.928 bits per heavy atom. The molecule has 1 fully saturated rings. The van der Waals surface area contributed by atoms with Gasteiger partial charge in [-0.2, -0.15) is 0 Å². The van der Waals surface area contributed by atoms with Crippen LogP contribution in [-0.2, 0) is 23.9 Å². The van der Waals surface area contributed by atoms with Crippen molar-refractivity contribution in [3.8, 4) is 27.3 Å². The molecule has 1 saturated heterocycles. The second-order valence-corrected chi connectivity index (χ2v) is 20.0. The van der Waals surface area contributed by atoms with Gasteiger partial charge in [-0.3, -0.25) is 14.4 Å². The minimum Gasteiger partial charge on any atom is -0.376 e. The van der Waals surface area contributed by atoms with Crippen LogP contribution < -0.4 is 15.5 Å². The maximum absolute atomic E-state index is 14.5. The van der Waals surface area contributed by atoms with Crippen LogP contribution in [0.1, 0.15) is 101 Å². The normalized spacial score (nSPS) is 15.8. The number of rotatable bonds is 21. The van der Waals surface area contributed by atoms with Gasteiger partial charge >= 0.3 is 0 Å². The molecule has 0 unspecified atom stereocenters. The SMILES string of the molecule is CCCO[C@@H]1C[C@@H](C(=O)N[C@@H](C)c2ccc(-c3scnc3C)cc2)N(C(=O)[C@@H](NC(=O)COCCCCCN(c2ccc(-n3ccnc3)cc2)c2cc(-c3c(C)noc3C)ccc2C)C(C)(C)C)C1. The minimum absolute atomic E-state index is 0.187. The van der Waals surface area contributed by atoms with Gasteiger partial charge in [0, 0.05) is 67.7 Å². The van der Waals surface area contributed by atoms with Crippen LogP contribution in [0.2, 0.25) is 0 Å². The van der Waals surface area contributed by atoms with Crippen LogP contribution in [0.25, 0.3) is 27.3 Å². The molecule has 0 aliphatic carbocycles. The third kappa shape index (κ3) is 12.5. The number of carbonyl (C=O) groups is 3. The van der Waals surface area contributed by atoms with E-state index in [9.17, 15) is 14.4 Å². The number of nitrogens with zero attached hydrogens (tertiary/aromatic N) is 6. The Morgan fingerprint density at radius 3 is 2.33 bits per heavy atom. The van der Waals surface area contributed by atoms with Gasteiger partial charge in [-0.15, -0.1) is 11.3 Å². The lowest BCUT2D eigenvalue weighted by molar-refractivity contribution is -0.144. The second-order valence-electron chi connectivity index (χ2n) is 19.2. The predicted molar refractivity (Wildman–Crippen MR) is 272 cm³/mol. The molecule has 4 heterocycles. The van der Waals surface area contributed by atoms with Crippen molar-refractivity contribution in [3.63, 3.8) is 0 Å². The molecule has 6 aromatic rings. The van der Waals surface area contributed by atoms with E-state index in [0.717, 1.165) is 99.1 Å². The summed E-state index contributed by atoms with van der Waals surface area (Å²) in [7, 11) is 0. The van der Waals surface area contributed by atoms with Gasteiger partial charge in [0.1, 0.15) is 24.5 Å². The quantitative estimate of drug-likeness (QED) is 0.0666. The Labute approximate surface area is 410 Å². The molecule has 1 aliphatic rings. The third-order valence-electron chi connectivity index (χ3n) is 12.8. The molecular formula is C54H68N8O6S. The molecule has 15 heteroatoms. The predicted octanol–water partition coefficient (Wildman–Crippen LogP) is 10.0. The Morgan fingerprint density at radius 2 is 1.68 bits per heavy atom. The molecular weight excluding hydrogens is 889 g/mol. The van der Waals surface area contributed by atoms with Crippen molar-refractivity contribution in [2.45, 2.75) is 119 Å². The number of benzene rings is 3. The van der Waals surface area contributed by atoms with Crippen molar-refractivity contribution >= 4 is 40.4 Å². The summed E-state index contributed by atoms with van der Waals surface area (Å²) >= 11 is 1.60. The van der Waals surface area contributed by atoms with Gasteiger partial charge in [-0.05, 0) is 118 Å². The van der Waals surface area contributed by atoms with Crippen LogP contribution in [0.4, 0.5) is 11.4 Å². The molecule has 4 atom stereocenters. The number of unbranched alkanes of at least 4 members (excludes halogenated alkanes) is 2. The summed E-state index contributed by atoms with van der Waals surface area (Å²) in [6, 6.07) is 21.1. The van der Waals surface area contributed by atoms with E-state index in [2.05, 4.69) is 80.0 Å². The number of hydrogen-bond acceptors (Lipinski definition) is 11.